The first-order chi connectivity index (χ1) is 12.7. The number of para-hydroxylation sites is 1. The number of hydrogen-bond acceptors (Lipinski definition) is 4. The van der Waals surface area contributed by atoms with E-state index in [0.29, 0.717) is 19.0 Å². The van der Waals surface area contributed by atoms with E-state index in [1.807, 2.05) is 6.92 Å². The van der Waals surface area contributed by atoms with E-state index in [9.17, 15) is 4.79 Å². The van der Waals surface area contributed by atoms with Gasteiger partial charge in [0.25, 0.3) is 0 Å². The molecule has 1 aliphatic carbocycles. The zero-order chi connectivity index (χ0) is 17.9. The van der Waals surface area contributed by atoms with E-state index in [-0.39, 0.29) is 11.9 Å². The summed E-state index contributed by atoms with van der Waals surface area (Å²) in [6.07, 6.45) is 5.63. The normalized spacial score (nSPS) is 20.5. The number of amides is 1. The van der Waals surface area contributed by atoms with Crippen LogP contribution in [0.1, 0.15) is 44.7 Å². The maximum Gasteiger partial charge on any atom is 0.222 e. The highest BCUT2D eigenvalue weighted by Crippen LogP contribution is 2.31. The van der Waals surface area contributed by atoms with Crippen LogP contribution in [0.5, 0.6) is 0 Å². The highest BCUT2D eigenvalue weighted by Gasteiger charge is 2.23. The third-order valence-corrected chi connectivity index (χ3v) is 6.26. The minimum atomic E-state index is 0.0732. The van der Waals surface area contributed by atoms with E-state index >= 15 is 0 Å². The van der Waals surface area contributed by atoms with Gasteiger partial charge in [-0.05, 0) is 31.9 Å². The quantitative estimate of drug-likeness (QED) is 0.722. The number of carbonyl (C=O) groups is 1. The van der Waals surface area contributed by atoms with Crippen molar-refractivity contribution < 1.29 is 4.79 Å². The standard InChI is InChI=1S/C20H26N4OS/c1-2-21-18(25)11-15-12-26-20(23-15)17-10-13-6-5-9-16(19(13)24-17)22-14-7-3-4-8-14/h5-6,9-10,14-15,22,24H,2-4,7-8,11-12H2,1H3,(H,21,25)/t15-/m1/s1. The molecule has 1 atom stereocenters. The predicted molar refractivity (Wildman–Crippen MR) is 110 cm³/mol. The molecule has 1 saturated carbocycles. The molecule has 138 valence electrons. The molecule has 0 radical (unpaired) electrons. The van der Waals surface area contributed by atoms with E-state index in [0.717, 1.165) is 22.0 Å². The number of benzene rings is 1. The summed E-state index contributed by atoms with van der Waals surface area (Å²) in [5, 5.41) is 8.79. The maximum absolute atomic E-state index is 11.8. The largest absolute Gasteiger partial charge is 0.381 e. The molecule has 0 bridgehead atoms. The minimum absolute atomic E-state index is 0.0732. The summed E-state index contributed by atoms with van der Waals surface area (Å²) >= 11 is 1.74. The SMILES string of the molecule is CCNC(=O)C[C@@H]1CSC(c2cc3cccc(NC4CCCC4)c3[nH]2)=N1. The van der Waals surface area contributed by atoms with Crippen molar-refractivity contribution >= 4 is 39.3 Å². The number of fused-ring (bicyclic) bond motifs is 1. The Balaban J connectivity index is 1.53. The van der Waals surface area contributed by atoms with Crippen LogP contribution >= 0.6 is 11.8 Å². The third-order valence-electron chi connectivity index (χ3n) is 5.11. The first-order valence-corrected chi connectivity index (χ1v) is 10.6. The minimum Gasteiger partial charge on any atom is -0.381 e. The smallest absolute Gasteiger partial charge is 0.222 e. The third kappa shape index (κ3) is 3.75. The molecule has 6 heteroatoms. The Morgan fingerprint density at radius 1 is 1.35 bits per heavy atom. The molecule has 1 aliphatic heterocycles. The van der Waals surface area contributed by atoms with E-state index in [1.165, 1.54) is 36.8 Å². The van der Waals surface area contributed by atoms with Gasteiger partial charge in [0, 0.05) is 30.1 Å². The number of hydrogen-bond donors (Lipinski definition) is 3. The number of nitrogens with zero attached hydrogens (tertiary/aromatic N) is 1. The number of aliphatic imine (C=N–C) groups is 1. The molecule has 0 spiro atoms. The number of anilines is 1. The van der Waals surface area contributed by atoms with Gasteiger partial charge in [0.05, 0.1) is 22.9 Å². The number of H-pyrrole nitrogens is 1. The molecule has 1 aromatic heterocycles. The van der Waals surface area contributed by atoms with Gasteiger partial charge in [-0.2, -0.15) is 0 Å². The lowest BCUT2D eigenvalue weighted by molar-refractivity contribution is -0.121. The molecule has 2 heterocycles. The van der Waals surface area contributed by atoms with Crippen LogP contribution in [-0.4, -0.2) is 40.3 Å². The molecule has 0 saturated heterocycles. The summed E-state index contributed by atoms with van der Waals surface area (Å²) in [6.45, 7) is 2.62. The fourth-order valence-corrected chi connectivity index (χ4v) is 4.86. The van der Waals surface area contributed by atoms with Gasteiger partial charge < -0.3 is 15.6 Å². The fourth-order valence-electron chi connectivity index (χ4n) is 3.83. The van der Waals surface area contributed by atoms with Gasteiger partial charge in [-0.1, -0.05) is 25.0 Å². The molecule has 2 aromatic rings. The van der Waals surface area contributed by atoms with Crippen molar-refractivity contribution in [2.45, 2.75) is 51.1 Å². The van der Waals surface area contributed by atoms with Crippen LogP contribution in [-0.2, 0) is 4.79 Å². The van der Waals surface area contributed by atoms with Crippen LogP contribution in [0.25, 0.3) is 10.9 Å². The molecule has 5 nitrogen and oxygen atoms in total. The van der Waals surface area contributed by atoms with Crippen molar-refractivity contribution in [3.8, 4) is 0 Å². The highest BCUT2D eigenvalue weighted by atomic mass is 32.2. The number of rotatable bonds is 6. The van der Waals surface area contributed by atoms with Crippen LogP contribution < -0.4 is 10.6 Å². The van der Waals surface area contributed by atoms with Gasteiger partial charge >= 0.3 is 0 Å². The first-order valence-electron chi connectivity index (χ1n) is 9.59. The summed E-state index contributed by atoms with van der Waals surface area (Å²) in [6, 6.07) is 9.24. The molecule has 3 N–H and O–H groups in total. The van der Waals surface area contributed by atoms with Crippen molar-refractivity contribution in [2.75, 3.05) is 17.6 Å². The molecule has 1 aromatic carbocycles. The molecular weight excluding hydrogens is 344 g/mol. The average Bonchev–Trinajstić information content (AvgIpc) is 3.35. The van der Waals surface area contributed by atoms with Gasteiger partial charge in [-0.3, -0.25) is 9.79 Å². The van der Waals surface area contributed by atoms with Gasteiger partial charge in [0.15, 0.2) is 0 Å². The summed E-state index contributed by atoms with van der Waals surface area (Å²) in [7, 11) is 0. The Morgan fingerprint density at radius 3 is 3.00 bits per heavy atom. The monoisotopic (exact) mass is 370 g/mol. The van der Waals surface area contributed by atoms with Gasteiger partial charge in [0.2, 0.25) is 5.91 Å². The molecule has 0 unspecified atom stereocenters. The summed E-state index contributed by atoms with van der Waals surface area (Å²) in [5.74, 6) is 0.956. The summed E-state index contributed by atoms with van der Waals surface area (Å²) in [4.78, 5) is 20.1. The molecular formula is C20H26N4OS. The van der Waals surface area contributed by atoms with Gasteiger partial charge in [0.1, 0.15) is 5.04 Å². The van der Waals surface area contributed by atoms with Crippen molar-refractivity contribution in [1.29, 1.82) is 0 Å². The van der Waals surface area contributed by atoms with Crippen molar-refractivity contribution in [1.82, 2.24) is 10.3 Å². The number of nitrogens with one attached hydrogen (secondary N) is 3. The molecule has 4 rings (SSSR count). The Bertz CT molecular complexity index is 822. The number of carbonyl (C=O) groups excluding carboxylic acids is 1. The lowest BCUT2D eigenvalue weighted by atomic mass is 10.2. The first kappa shape index (κ1) is 17.5. The second kappa shape index (κ2) is 7.74. The number of aromatic amines is 1. The van der Waals surface area contributed by atoms with E-state index in [1.54, 1.807) is 11.8 Å². The van der Waals surface area contributed by atoms with Crippen LogP contribution in [0.2, 0.25) is 0 Å². The zero-order valence-electron chi connectivity index (χ0n) is 15.2. The Hall–Kier alpha value is -1.95. The van der Waals surface area contributed by atoms with Crippen molar-refractivity contribution in [3.63, 3.8) is 0 Å². The second-order valence-corrected chi connectivity index (χ2v) is 8.14. The van der Waals surface area contributed by atoms with Crippen LogP contribution in [0.15, 0.2) is 29.3 Å². The van der Waals surface area contributed by atoms with Gasteiger partial charge in [-0.25, -0.2) is 0 Å². The predicted octanol–water partition coefficient (Wildman–Crippen LogP) is 3.91. The Morgan fingerprint density at radius 2 is 2.19 bits per heavy atom. The van der Waals surface area contributed by atoms with E-state index in [2.05, 4.69) is 39.9 Å². The van der Waals surface area contributed by atoms with Crippen LogP contribution in [0, 0.1) is 0 Å². The average molecular weight is 371 g/mol. The molecule has 2 aliphatic rings. The lowest BCUT2D eigenvalue weighted by Gasteiger charge is -2.14. The topological polar surface area (TPSA) is 69.3 Å². The lowest BCUT2D eigenvalue weighted by Crippen LogP contribution is -2.26. The van der Waals surface area contributed by atoms with E-state index < -0.39 is 0 Å². The molecule has 26 heavy (non-hydrogen) atoms. The Kier molecular flexibility index (Phi) is 5.20. The number of aromatic nitrogens is 1. The number of thioether (sulfide) groups is 1. The van der Waals surface area contributed by atoms with Gasteiger partial charge in [-0.15, -0.1) is 11.8 Å². The molecule has 1 amide bonds. The van der Waals surface area contributed by atoms with Crippen LogP contribution in [0.3, 0.4) is 0 Å². The van der Waals surface area contributed by atoms with E-state index in [4.69, 9.17) is 4.99 Å². The Labute approximate surface area is 158 Å². The zero-order valence-corrected chi connectivity index (χ0v) is 16.0. The summed E-state index contributed by atoms with van der Waals surface area (Å²) < 4.78 is 0. The highest BCUT2D eigenvalue weighted by molar-refractivity contribution is 8.14. The maximum atomic E-state index is 11.8. The second-order valence-electron chi connectivity index (χ2n) is 7.14. The fraction of sp³-hybridized carbons (Fsp3) is 0.500. The van der Waals surface area contributed by atoms with Crippen molar-refractivity contribution in [3.05, 3.63) is 30.0 Å². The summed E-state index contributed by atoms with van der Waals surface area (Å²) in [5.41, 5.74) is 3.40. The molecule has 1 fully saturated rings. The van der Waals surface area contributed by atoms with Crippen LogP contribution in [0.4, 0.5) is 5.69 Å². The van der Waals surface area contributed by atoms with Crippen molar-refractivity contribution in [2.24, 2.45) is 4.99 Å².